The first kappa shape index (κ1) is 18.1. The molecule has 0 aromatic heterocycles. The molecule has 1 saturated heterocycles. The van der Waals surface area contributed by atoms with Gasteiger partial charge in [0.25, 0.3) is 11.8 Å². The van der Waals surface area contributed by atoms with Gasteiger partial charge in [0.15, 0.2) is 0 Å². The monoisotopic (exact) mass is 351 g/mol. The van der Waals surface area contributed by atoms with E-state index in [9.17, 15) is 9.59 Å². The highest BCUT2D eigenvalue weighted by molar-refractivity contribution is 6.06. The number of aryl methyl sites for hydroxylation is 2. The van der Waals surface area contributed by atoms with E-state index >= 15 is 0 Å². The summed E-state index contributed by atoms with van der Waals surface area (Å²) in [5, 5.41) is 2.95. The number of amides is 2. The molecule has 1 aliphatic heterocycles. The summed E-state index contributed by atoms with van der Waals surface area (Å²) in [6, 6.07) is 12.9. The maximum atomic E-state index is 12.7. The minimum atomic E-state index is -0.202. The topological polar surface area (TPSA) is 52.7 Å². The van der Waals surface area contributed by atoms with Gasteiger partial charge in [0, 0.05) is 43.0 Å². The molecule has 1 aliphatic rings. The molecular formula is C21H25N3O2. The predicted molar refractivity (Wildman–Crippen MR) is 104 cm³/mol. The summed E-state index contributed by atoms with van der Waals surface area (Å²) in [6.45, 7) is 7.13. The van der Waals surface area contributed by atoms with E-state index in [0.717, 1.165) is 29.9 Å². The number of benzene rings is 2. The van der Waals surface area contributed by atoms with Crippen LogP contribution in [0.25, 0.3) is 0 Å². The van der Waals surface area contributed by atoms with Crippen molar-refractivity contribution >= 4 is 17.5 Å². The largest absolute Gasteiger partial charge is 0.336 e. The Labute approximate surface area is 154 Å². The van der Waals surface area contributed by atoms with Crippen molar-refractivity contribution in [1.29, 1.82) is 0 Å². The molecule has 0 atom stereocenters. The molecule has 136 valence electrons. The van der Waals surface area contributed by atoms with Crippen LogP contribution in [-0.4, -0.2) is 54.8 Å². The molecule has 5 heteroatoms. The van der Waals surface area contributed by atoms with E-state index in [0.29, 0.717) is 24.2 Å². The molecule has 2 aromatic carbocycles. The van der Waals surface area contributed by atoms with Gasteiger partial charge in [-0.05, 0) is 56.3 Å². The lowest BCUT2D eigenvalue weighted by atomic mass is 10.1. The highest BCUT2D eigenvalue weighted by Gasteiger charge is 2.21. The van der Waals surface area contributed by atoms with Crippen LogP contribution in [0, 0.1) is 13.8 Å². The van der Waals surface area contributed by atoms with Gasteiger partial charge >= 0.3 is 0 Å². The Kier molecular flexibility index (Phi) is 5.38. The van der Waals surface area contributed by atoms with Crippen molar-refractivity contribution < 1.29 is 9.59 Å². The predicted octanol–water partition coefficient (Wildman–Crippen LogP) is 2.94. The van der Waals surface area contributed by atoms with Crippen LogP contribution in [0.4, 0.5) is 5.69 Å². The first-order valence-electron chi connectivity index (χ1n) is 8.90. The maximum absolute atomic E-state index is 12.7. The lowest BCUT2D eigenvalue weighted by Gasteiger charge is -2.32. The smallest absolute Gasteiger partial charge is 0.255 e. The van der Waals surface area contributed by atoms with Gasteiger partial charge < -0.3 is 15.1 Å². The average Bonchev–Trinajstić information content (AvgIpc) is 2.65. The van der Waals surface area contributed by atoms with E-state index in [4.69, 9.17) is 0 Å². The summed E-state index contributed by atoms with van der Waals surface area (Å²) < 4.78 is 0. The fourth-order valence-electron chi connectivity index (χ4n) is 3.05. The van der Waals surface area contributed by atoms with Gasteiger partial charge in [-0.15, -0.1) is 0 Å². The molecule has 3 rings (SSSR count). The molecule has 0 saturated carbocycles. The van der Waals surface area contributed by atoms with E-state index in [1.54, 1.807) is 24.3 Å². The van der Waals surface area contributed by atoms with E-state index in [-0.39, 0.29) is 11.8 Å². The van der Waals surface area contributed by atoms with Crippen LogP contribution in [0.1, 0.15) is 31.8 Å². The van der Waals surface area contributed by atoms with Gasteiger partial charge in [0.1, 0.15) is 0 Å². The standard InChI is InChI=1S/C21H25N3O2/c1-15-7-8-16(2)19(13-15)22-20(25)17-5-4-6-18(14-17)21(26)24-11-9-23(3)10-12-24/h4-8,13-14H,9-12H2,1-3H3,(H,22,25). The first-order chi connectivity index (χ1) is 12.4. The number of carbonyl (C=O) groups excluding carboxylic acids is 2. The zero-order chi connectivity index (χ0) is 18.7. The van der Waals surface area contributed by atoms with E-state index in [1.165, 1.54) is 0 Å². The number of likely N-dealkylation sites (N-methyl/N-ethyl adjacent to an activating group) is 1. The van der Waals surface area contributed by atoms with E-state index < -0.39 is 0 Å². The normalized spacial score (nSPS) is 15.0. The summed E-state index contributed by atoms with van der Waals surface area (Å²) >= 11 is 0. The third kappa shape index (κ3) is 4.11. The molecule has 5 nitrogen and oxygen atoms in total. The zero-order valence-corrected chi connectivity index (χ0v) is 15.6. The quantitative estimate of drug-likeness (QED) is 0.925. The van der Waals surface area contributed by atoms with E-state index in [1.807, 2.05) is 36.9 Å². The Balaban J connectivity index is 1.75. The molecule has 0 bridgehead atoms. The fraction of sp³-hybridized carbons (Fsp3) is 0.333. The summed E-state index contributed by atoms with van der Waals surface area (Å²) in [6.07, 6.45) is 0. The van der Waals surface area contributed by atoms with Crippen LogP contribution in [0.2, 0.25) is 0 Å². The van der Waals surface area contributed by atoms with Gasteiger partial charge in [-0.1, -0.05) is 18.2 Å². The number of hydrogen-bond donors (Lipinski definition) is 1. The Bertz CT molecular complexity index is 824. The summed E-state index contributed by atoms with van der Waals surface area (Å²) in [5.41, 5.74) is 3.94. The zero-order valence-electron chi connectivity index (χ0n) is 15.6. The highest BCUT2D eigenvalue weighted by atomic mass is 16.2. The molecule has 26 heavy (non-hydrogen) atoms. The molecule has 2 amide bonds. The van der Waals surface area contributed by atoms with Crippen LogP contribution in [0.5, 0.6) is 0 Å². The van der Waals surface area contributed by atoms with Crippen molar-refractivity contribution in [3.05, 3.63) is 64.7 Å². The van der Waals surface area contributed by atoms with Crippen LogP contribution in [0.3, 0.4) is 0 Å². The fourth-order valence-corrected chi connectivity index (χ4v) is 3.05. The van der Waals surface area contributed by atoms with Gasteiger partial charge in [0.05, 0.1) is 0 Å². The Morgan fingerprint density at radius 1 is 0.923 bits per heavy atom. The minimum absolute atomic E-state index is 0.0144. The lowest BCUT2D eigenvalue weighted by molar-refractivity contribution is 0.0664. The number of nitrogens with one attached hydrogen (secondary N) is 1. The third-order valence-corrected chi connectivity index (χ3v) is 4.80. The van der Waals surface area contributed by atoms with Crippen molar-refractivity contribution in [2.24, 2.45) is 0 Å². The first-order valence-corrected chi connectivity index (χ1v) is 8.90. The number of piperazine rings is 1. The molecular weight excluding hydrogens is 326 g/mol. The number of nitrogens with zero attached hydrogens (tertiary/aromatic N) is 2. The second kappa shape index (κ2) is 7.70. The number of hydrogen-bond acceptors (Lipinski definition) is 3. The molecule has 0 spiro atoms. The van der Waals surface area contributed by atoms with Gasteiger partial charge in [0.2, 0.25) is 0 Å². The molecule has 1 heterocycles. The number of rotatable bonds is 3. The van der Waals surface area contributed by atoms with Gasteiger partial charge in [-0.2, -0.15) is 0 Å². The van der Waals surface area contributed by atoms with Crippen molar-refractivity contribution in [3.63, 3.8) is 0 Å². The molecule has 1 fully saturated rings. The molecule has 0 unspecified atom stereocenters. The molecule has 2 aromatic rings. The van der Waals surface area contributed by atoms with Crippen molar-refractivity contribution in [3.8, 4) is 0 Å². The Morgan fingerprint density at radius 2 is 1.62 bits per heavy atom. The Morgan fingerprint density at radius 3 is 2.35 bits per heavy atom. The summed E-state index contributed by atoms with van der Waals surface area (Å²) in [7, 11) is 2.06. The van der Waals surface area contributed by atoms with Gasteiger partial charge in [-0.25, -0.2) is 0 Å². The van der Waals surface area contributed by atoms with Gasteiger partial charge in [-0.3, -0.25) is 9.59 Å². The number of anilines is 1. The van der Waals surface area contributed by atoms with Crippen LogP contribution in [-0.2, 0) is 0 Å². The maximum Gasteiger partial charge on any atom is 0.255 e. The minimum Gasteiger partial charge on any atom is -0.336 e. The average molecular weight is 351 g/mol. The number of carbonyl (C=O) groups is 2. The van der Waals surface area contributed by atoms with E-state index in [2.05, 4.69) is 17.3 Å². The third-order valence-electron chi connectivity index (χ3n) is 4.80. The second-order valence-electron chi connectivity index (χ2n) is 6.95. The van der Waals surface area contributed by atoms with Crippen LogP contribution >= 0.6 is 0 Å². The Hall–Kier alpha value is -2.66. The molecule has 0 aliphatic carbocycles. The SMILES string of the molecule is Cc1ccc(C)c(NC(=O)c2cccc(C(=O)N3CCN(C)CC3)c2)c1. The molecule has 0 radical (unpaired) electrons. The lowest BCUT2D eigenvalue weighted by Crippen LogP contribution is -2.47. The summed E-state index contributed by atoms with van der Waals surface area (Å²) in [5.74, 6) is -0.216. The van der Waals surface area contributed by atoms with Crippen molar-refractivity contribution in [2.45, 2.75) is 13.8 Å². The van der Waals surface area contributed by atoms with Crippen molar-refractivity contribution in [2.75, 3.05) is 38.5 Å². The van der Waals surface area contributed by atoms with Crippen molar-refractivity contribution in [1.82, 2.24) is 9.80 Å². The van der Waals surface area contributed by atoms with Crippen LogP contribution < -0.4 is 5.32 Å². The molecule has 1 N–H and O–H groups in total. The second-order valence-corrected chi connectivity index (χ2v) is 6.95. The van der Waals surface area contributed by atoms with Crippen LogP contribution in [0.15, 0.2) is 42.5 Å². The highest BCUT2D eigenvalue weighted by Crippen LogP contribution is 2.18. The summed E-state index contributed by atoms with van der Waals surface area (Å²) in [4.78, 5) is 29.4.